The SMILES string of the molecule is CCOC(=O)C1=NN(c2c(Cl)cc(Cl)cc2Cl)C(=O)C1=CC=Cc1c(C)c(C#N)c(=O)n(C)c1O. The summed E-state index contributed by atoms with van der Waals surface area (Å²) in [5.41, 5.74) is -0.744. The van der Waals surface area contributed by atoms with Crippen molar-refractivity contribution >= 4 is 64.2 Å². The molecule has 1 amide bonds. The molecule has 3 rings (SSSR count). The highest BCUT2D eigenvalue weighted by molar-refractivity contribution is 6.54. The smallest absolute Gasteiger partial charge is 0.359 e. The summed E-state index contributed by atoms with van der Waals surface area (Å²) in [6, 6.07) is 4.56. The molecule has 0 saturated carbocycles. The van der Waals surface area contributed by atoms with Gasteiger partial charge in [-0.3, -0.25) is 14.2 Å². The van der Waals surface area contributed by atoms with Gasteiger partial charge in [-0.05, 0) is 43.7 Å². The Balaban J connectivity index is 2.11. The van der Waals surface area contributed by atoms with E-state index < -0.39 is 17.4 Å². The van der Waals surface area contributed by atoms with Crippen LogP contribution in [-0.4, -0.2) is 33.9 Å². The third kappa shape index (κ3) is 4.82. The molecule has 9 nitrogen and oxygen atoms in total. The fourth-order valence-electron chi connectivity index (χ4n) is 3.28. The number of aromatic hydroxyl groups is 1. The molecule has 1 aromatic heterocycles. The van der Waals surface area contributed by atoms with E-state index in [1.54, 1.807) is 6.92 Å². The average Bonchev–Trinajstić information content (AvgIpc) is 3.10. The summed E-state index contributed by atoms with van der Waals surface area (Å²) in [5, 5.41) is 24.9. The molecule has 0 radical (unpaired) electrons. The minimum absolute atomic E-state index is 0.0297. The molecule has 1 aliphatic rings. The van der Waals surface area contributed by atoms with Gasteiger partial charge in [0.2, 0.25) is 5.88 Å². The van der Waals surface area contributed by atoms with Gasteiger partial charge in [-0.2, -0.15) is 15.4 Å². The number of hydrazone groups is 1. The van der Waals surface area contributed by atoms with Crippen molar-refractivity contribution in [3.63, 3.8) is 0 Å². The van der Waals surface area contributed by atoms with Crippen LogP contribution in [0.1, 0.15) is 23.6 Å². The topological polar surface area (TPSA) is 125 Å². The van der Waals surface area contributed by atoms with Crippen LogP contribution < -0.4 is 10.6 Å². The molecule has 0 saturated heterocycles. The van der Waals surface area contributed by atoms with Crippen molar-refractivity contribution < 1.29 is 19.4 Å². The summed E-state index contributed by atoms with van der Waals surface area (Å²) in [4.78, 5) is 37.9. The summed E-state index contributed by atoms with van der Waals surface area (Å²) < 4.78 is 5.94. The summed E-state index contributed by atoms with van der Waals surface area (Å²) in [7, 11) is 1.32. The first-order valence-electron chi connectivity index (χ1n) is 9.99. The number of halogens is 3. The Labute approximate surface area is 214 Å². The van der Waals surface area contributed by atoms with E-state index in [1.165, 1.54) is 44.3 Å². The summed E-state index contributed by atoms with van der Waals surface area (Å²) in [6.07, 6.45) is 4.04. The lowest BCUT2D eigenvalue weighted by Gasteiger charge is -2.15. The van der Waals surface area contributed by atoms with Gasteiger partial charge in [0.15, 0.2) is 5.71 Å². The van der Waals surface area contributed by atoms with Crippen LogP contribution in [0.2, 0.25) is 15.1 Å². The summed E-state index contributed by atoms with van der Waals surface area (Å²) in [6.45, 7) is 3.14. The number of carbonyl (C=O) groups excluding carboxylic acids is 2. The number of amides is 1. The first-order valence-corrected chi connectivity index (χ1v) is 11.1. The first-order chi connectivity index (χ1) is 16.5. The van der Waals surface area contributed by atoms with Gasteiger partial charge in [0.25, 0.3) is 11.5 Å². The Morgan fingerprint density at radius 1 is 1.26 bits per heavy atom. The van der Waals surface area contributed by atoms with E-state index in [0.29, 0.717) is 0 Å². The van der Waals surface area contributed by atoms with Crippen molar-refractivity contribution in [2.45, 2.75) is 13.8 Å². The van der Waals surface area contributed by atoms with E-state index in [2.05, 4.69) is 5.10 Å². The summed E-state index contributed by atoms with van der Waals surface area (Å²) in [5.74, 6) is -1.94. The van der Waals surface area contributed by atoms with Crippen LogP contribution in [-0.2, 0) is 21.4 Å². The van der Waals surface area contributed by atoms with Crippen LogP contribution >= 0.6 is 34.8 Å². The zero-order chi connectivity index (χ0) is 26.0. The maximum Gasteiger partial charge on any atom is 0.359 e. The number of nitrogens with zero attached hydrogens (tertiary/aromatic N) is 4. The van der Waals surface area contributed by atoms with Crippen molar-refractivity contribution in [3.05, 3.63) is 72.0 Å². The van der Waals surface area contributed by atoms with Crippen molar-refractivity contribution in [1.29, 1.82) is 5.26 Å². The predicted octanol–water partition coefficient (Wildman–Crippen LogP) is 4.14. The summed E-state index contributed by atoms with van der Waals surface area (Å²) >= 11 is 18.4. The van der Waals surface area contributed by atoms with Gasteiger partial charge in [-0.1, -0.05) is 40.9 Å². The number of allylic oxidation sites excluding steroid dienone is 2. The maximum absolute atomic E-state index is 13.2. The molecular formula is C23H17Cl3N4O5. The molecule has 1 aromatic carbocycles. The lowest BCUT2D eigenvalue weighted by atomic mass is 10.0. The third-order valence-electron chi connectivity index (χ3n) is 5.03. The molecule has 1 N–H and O–H groups in total. The monoisotopic (exact) mass is 534 g/mol. The van der Waals surface area contributed by atoms with Gasteiger partial charge in [0.1, 0.15) is 17.3 Å². The Morgan fingerprint density at radius 2 is 1.89 bits per heavy atom. The first kappa shape index (κ1) is 26.0. The highest BCUT2D eigenvalue weighted by Gasteiger charge is 2.37. The van der Waals surface area contributed by atoms with Crippen LogP contribution in [0, 0.1) is 18.3 Å². The van der Waals surface area contributed by atoms with Crippen molar-refractivity contribution in [2.75, 3.05) is 11.6 Å². The van der Waals surface area contributed by atoms with E-state index >= 15 is 0 Å². The minimum Gasteiger partial charge on any atom is -0.494 e. The van der Waals surface area contributed by atoms with Crippen molar-refractivity contribution in [3.8, 4) is 11.9 Å². The lowest BCUT2D eigenvalue weighted by molar-refractivity contribution is -0.135. The van der Waals surface area contributed by atoms with Crippen LogP contribution in [0.3, 0.4) is 0 Å². The largest absolute Gasteiger partial charge is 0.494 e. The fraction of sp³-hybridized carbons (Fsp3) is 0.174. The molecule has 1 aliphatic heterocycles. The van der Waals surface area contributed by atoms with E-state index in [1.807, 2.05) is 6.07 Å². The van der Waals surface area contributed by atoms with Crippen LogP contribution in [0.5, 0.6) is 5.88 Å². The van der Waals surface area contributed by atoms with E-state index in [4.69, 9.17) is 39.5 Å². The number of aromatic nitrogens is 1. The van der Waals surface area contributed by atoms with Crippen LogP contribution in [0.4, 0.5) is 5.69 Å². The second-order valence-corrected chi connectivity index (χ2v) is 8.41. The molecule has 0 aliphatic carbocycles. The van der Waals surface area contributed by atoms with Gasteiger partial charge in [0.05, 0.1) is 22.2 Å². The molecule has 0 fully saturated rings. The fourth-order valence-corrected chi connectivity index (χ4v) is 4.26. The Bertz CT molecular complexity index is 1430. The predicted molar refractivity (Wildman–Crippen MR) is 133 cm³/mol. The third-order valence-corrected chi connectivity index (χ3v) is 5.83. The molecule has 2 heterocycles. The van der Waals surface area contributed by atoms with Gasteiger partial charge >= 0.3 is 5.97 Å². The number of anilines is 1. The van der Waals surface area contributed by atoms with E-state index in [-0.39, 0.29) is 61.2 Å². The van der Waals surface area contributed by atoms with Gasteiger partial charge < -0.3 is 9.84 Å². The Hall–Kier alpha value is -3.58. The molecule has 180 valence electrons. The van der Waals surface area contributed by atoms with E-state index in [9.17, 15) is 24.8 Å². The maximum atomic E-state index is 13.2. The van der Waals surface area contributed by atoms with Crippen LogP contribution in [0.25, 0.3) is 6.08 Å². The standard InChI is InChI=1S/C23H17Cl3N4O5/c1-4-35-23(34)18-14(22(33)30(28-18)19-16(25)8-12(24)9-17(19)26)7-5-6-13-11(2)15(10-27)21(32)29(3)20(13)31/h5-9,31H,4H2,1-3H3. The number of hydrogen-bond donors (Lipinski definition) is 1. The zero-order valence-corrected chi connectivity index (χ0v) is 20.9. The number of ether oxygens (including phenoxy) is 1. The number of nitriles is 1. The van der Waals surface area contributed by atoms with Crippen molar-refractivity contribution in [1.82, 2.24) is 4.57 Å². The molecule has 2 aromatic rings. The molecule has 12 heteroatoms. The molecule has 0 bridgehead atoms. The van der Waals surface area contributed by atoms with E-state index in [0.717, 1.165) is 9.58 Å². The van der Waals surface area contributed by atoms with Gasteiger partial charge in [-0.25, -0.2) is 4.79 Å². The number of rotatable bonds is 5. The molecule has 0 atom stereocenters. The minimum atomic E-state index is -0.850. The number of carbonyl (C=O) groups is 2. The second kappa shape index (κ2) is 10.4. The Kier molecular flexibility index (Phi) is 7.70. The number of benzene rings is 1. The normalized spacial score (nSPS) is 14.5. The number of pyridine rings is 1. The average molecular weight is 536 g/mol. The van der Waals surface area contributed by atoms with Gasteiger partial charge in [-0.15, -0.1) is 0 Å². The van der Waals surface area contributed by atoms with Crippen LogP contribution in [0.15, 0.2) is 39.8 Å². The Morgan fingerprint density at radius 3 is 2.46 bits per heavy atom. The highest BCUT2D eigenvalue weighted by Crippen LogP contribution is 2.39. The molecule has 35 heavy (non-hydrogen) atoms. The molecule has 0 unspecified atom stereocenters. The molecular weight excluding hydrogens is 519 g/mol. The lowest BCUT2D eigenvalue weighted by Crippen LogP contribution is -2.23. The second-order valence-electron chi connectivity index (χ2n) is 7.16. The molecule has 0 spiro atoms. The number of hydrogen-bond acceptors (Lipinski definition) is 7. The van der Waals surface area contributed by atoms with Crippen molar-refractivity contribution in [2.24, 2.45) is 12.1 Å². The number of esters is 1. The van der Waals surface area contributed by atoms with Gasteiger partial charge in [0, 0.05) is 17.6 Å². The zero-order valence-electron chi connectivity index (χ0n) is 18.6. The highest BCUT2D eigenvalue weighted by atomic mass is 35.5. The quantitative estimate of drug-likeness (QED) is 0.453.